The van der Waals surface area contributed by atoms with Crippen molar-refractivity contribution in [2.75, 3.05) is 5.73 Å². The Morgan fingerprint density at radius 2 is 2.12 bits per heavy atom. The van der Waals surface area contributed by atoms with Crippen LogP contribution in [0.5, 0.6) is 5.75 Å². The van der Waals surface area contributed by atoms with E-state index in [1.807, 2.05) is 18.2 Å². The van der Waals surface area contributed by atoms with Crippen molar-refractivity contribution in [1.29, 1.82) is 0 Å². The summed E-state index contributed by atoms with van der Waals surface area (Å²) < 4.78 is 5.52. The third kappa shape index (κ3) is 2.87. The van der Waals surface area contributed by atoms with Gasteiger partial charge < -0.3 is 10.5 Å². The van der Waals surface area contributed by atoms with Crippen molar-refractivity contribution in [2.45, 2.75) is 6.61 Å². The SMILES string of the molecule is Nc1ccc(COc2cccc(Cl)c2)nc1. The molecular weight excluding hydrogens is 224 g/mol. The van der Waals surface area contributed by atoms with E-state index in [0.717, 1.165) is 11.4 Å². The molecule has 2 N–H and O–H groups in total. The maximum atomic E-state index is 5.84. The summed E-state index contributed by atoms with van der Waals surface area (Å²) in [6.07, 6.45) is 1.61. The number of anilines is 1. The lowest BCUT2D eigenvalue weighted by Gasteiger charge is -2.05. The number of nitrogens with two attached hydrogens (primary N) is 1. The van der Waals surface area contributed by atoms with Crippen LogP contribution in [0.2, 0.25) is 5.02 Å². The Morgan fingerprint density at radius 3 is 2.81 bits per heavy atom. The second-order valence-corrected chi connectivity index (χ2v) is 3.77. The fourth-order valence-electron chi connectivity index (χ4n) is 1.24. The topological polar surface area (TPSA) is 48.1 Å². The molecular formula is C12H11ClN2O. The number of halogens is 1. The van der Waals surface area contributed by atoms with Gasteiger partial charge in [0, 0.05) is 5.02 Å². The van der Waals surface area contributed by atoms with Gasteiger partial charge in [0.25, 0.3) is 0 Å². The van der Waals surface area contributed by atoms with E-state index in [0.29, 0.717) is 17.3 Å². The molecule has 0 radical (unpaired) electrons. The first-order chi connectivity index (χ1) is 7.74. The van der Waals surface area contributed by atoms with Gasteiger partial charge in [-0.05, 0) is 30.3 Å². The van der Waals surface area contributed by atoms with Gasteiger partial charge in [-0.25, -0.2) is 0 Å². The molecule has 2 rings (SSSR count). The van der Waals surface area contributed by atoms with E-state index in [1.165, 1.54) is 0 Å². The number of nitrogen functional groups attached to an aromatic ring is 1. The maximum Gasteiger partial charge on any atom is 0.130 e. The number of hydrogen-bond acceptors (Lipinski definition) is 3. The van der Waals surface area contributed by atoms with Crippen LogP contribution in [0, 0.1) is 0 Å². The van der Waals surface area contributed by atoms with Crippen LogP contribution in [0.3, 0.4) is 0 Å². The van der Waals surface area contributed by atoms with Crippen LogP contribution in [0.4, 0.5) is 5.69 Å². The monoisotopic (exact) mass is 234 g/mol. The Balaban J connectivity index is 1.99. The normalized spacial score (nSPS) is 10.1. The van der Waals surface area contributed by atoms with Crippen LogP contribution < -0.4 is 10.5 Å². The average Bonchev–Trinajstić information content (AvgIpc) is 2.28. The van der Waals surface area contributed by atoms with Crippen molar-refractivity contribution in [1.82, 2.24) is 4.98 Å². The molecule has 0 unspecified atom stereocenters. The zero-order valence-electron chi connectivity index (χ0n) is 8.56. The molecule has 0 atom stereocenters. The van der Waals surface area contributed by atoms with Crippen molar-refractivity contribution in [3.05, 3.63) is 53.3 Å². The molecule has 0 saturated heterocycles. The molecule has 0 fully saturated rings. The van der Waals surface area contributed by atoms with Gasteiger partial charge in [0.05, 0.1) is 17.6 Å². The predicted molar refractivity (Wildman–Crippen MR) is 64.4 cm³/mol. The molecule has 0 aliphatic rings. The average molecular weight is 235 g/mol. The maximum absolute atomic E-state index is 5.84. The Bertz CT molecular complexity index is 471. The lowest BCUT2D eigenvalue weighted by atomic mass is 10.3. The van der Waals surface area contributed by atoms with Crippen LogP contribution in [0.15, 0.2) is 42.6 Å². The Morgan fingerprint density at radius 1 is 1.25 bits per heavy atom. The second kappa shape index (κ2) is 4.86. The standard InChI is InChI=1S/C12H11ClN2O/c13-9-2-1-3-12(6-9)16-8-11-5-4-10(14)7-15-11/h1-7H,8,14H2. The minimum atomic E-state index is 0.403. The fourth-order valence-corrected chi connectivity index (χ4v) is 1.42. The number of aromatic nitrogens is 1. The van der Waals surface area contributed by atoms with Crippen molar-refractivity contribution >= 4 is 17.3 Å². The Labute approximate surface area is 98.8 Å². The molecule has 82 valence electrons. The largest absolute Gasteiger partial charge is 0.487 e. The molecule has 0 aliphatic heterocycles. The van der Waals surface area contributed by atoms with Crippen LogP contribution in [0.25, 0.3) is 0 Å². The summed E-state index contributed by atoms with van der Waals surface area (Å²) in [6, 6.07) is 10.9. The lowest BCUT2D eigenvalue weighted by Crippen LogP contribution is -1.98. The van der Waals surface area contributed by atoms with E-state index in [-0.39, 0.29) is 0 Å². The van der Waals surface area contributed by atoms with E-state index in [2.05, 4.69) is 4.98 Å². The summed E-state index contributed by atoms with van der Waals surface area (Å²) in [6.45, 7) is 0.403. The molecule has 16 heavy (non-hydrogen) atoms. The number of pyridine rings is 1. The minimum absolute atomic E-state index is 0.403. The molecule has 3 nitrogen and oxygen atoms in total. The third-order valence-corrected chi connectivity index (χ3v) is 2.27. The first kappa shape index (κ1) is 10.8. The molecule has 0 spiro atoms. The summed E-state index contributed by atoms with van der Waals surface area (Å²) in [5.74, 6) is 0.728. The van der Waals surface area contributed by atoms with E-state index in [9.17, 15) is 0 Å². The third-order valence-electron chi connectivity index (χ3n) is 2.03. The molecule has 0 bridgehead atoms. The number of ether oxygens (including phenoxy) is 1. The highest BCUT2D eigenvalue weighted by atomic mass is 35.5. The summed E-state index contributed by atoms with van der Waals surface area (Å²) >= 11 is 5.84. The van der Waals surface area contributed by atoms with E-state index >= 15 is 0 Å². The van der Waals surface area contributed by atoms with Gasteiger partial charge in [0.2, 0.25) is 0 Å². The lowest BCUT2D eigenvalue weighted by molar-refractivity contribution is 0.301. The highest BCUT2D eigenvalue weighted by Crippen LogP contribution is 2.18. The van der Waals surface area contributed by atoms with E-state index < -0.39 is 0 Å². The Hall–Kier alpha value is -1.74. The van der Waals surface area contributed by atoms with Crippen LogP contribution in [0.1, 0.15) is 5.69 Å². The van der Waals surface area contributed by atoms with Crippen LogP contribution in [-0.2, 0) is 6.61 Å². The minimum Gasteiger partial charge on any atom is -0.487 e. The van der Waals surface area contributed by atoms with Crippen LogP contribution in [-0.4, -0.2) is 4.98 Å². The molecule has 0 saturated carbocycles. The molecule has 1 aromatic heterocycles. The number of rotatable bonds is 3. The quantitative estimate of drug-likeness (QED) is 0.888. The predicted octanol–water partition coefficient (Wildman–Crippen LogP) is 2.90. The van der Waals surface area contributed by atoms with Gasteiger partial charge in [0.15, 0.2) is 0 Å². The van der Waals surface area contributed by atoms with Gasteiger partial charge >= 0.3 is 0 Å². The van der Waals surface area contributed by atoms with Gasteiger partial charge in [-0.1, -0.05) is 17.7 Å². The highest BCUT2D eigenvalue weighted by Gasteiger charge is 1.97. The molecule has 0 aliphatic carbocycles. The molecule has 1 aromatic carbocycles. The van der Waals surface area contributed by atoms with Crippen LogP contribution >= 0.6 is 11.6 Å². The van der Waals surface area contributed by atoms with Crippen molar-refractivity contribution in [2.24, 2.45) is 0 Å². The van der Waals surface area contributed by atoms with E-state index in [1.54, 1.807) is 24.4 Å². The summed E-state index contributed by atoms with van der Waals surface area (Å²) in [7, 11) is 0. The molecule has 1 heterocycles. The Kier molecular flexibility index (Phi) is 3.27. The smallest absolute Gasteiger partial charge is 0.130 e. The first-order valence-electron chi connectivity index (χ1n) is 4.83. The van der Waals surface area contributed by atoms with Crippen molar-refractivity contribution < 1.29 is 4.74 Å². The zero-order valence-corrected chi connectivity index (χ0v) is 9.32. The van der Waals surface area contributed by atoms with E-state index in [4.69, 9.17) is 22.1 Å². The number of benzene rings is 1. The molecule has 0 amide bonds. The van der Waals surface area contributed by atoms with Crippen molar-refractivity contribution in [3.63, 3.8) is 0 Å². The van der Waals surface area contributed by atoms with Gasteiger partial charge in [-0.2, -0.15) is 0 Å². The fraction of sp³-hybridized carbons (Fsp3) is 0.0833. The molecule has 2 aromatic rings. The van der Waals surface area contributed by atoms with Gasteiger partial charge in [-0.15, -0.1) is 0 Å². The zero-order chi connectivity index (χ0) is 11.4. The summed E-state index contributed by atoms with van der Waals surface area (Å²) in [4.78, 5) is 4.13. The first-order valence-corrected chi connectivity index (χ1v) is 5.20. The van der Waals surface area contributed by atoms with Crippen molar-refractivity contribution in [3.8, 4) is 5.75 Å². The van der Waals surface area contributed by atoms with Gasteiger partial charge in [-0.3, -0.25) is 4.98 Å². The second-order valence-electron chi connectivity index (χ2n) is 3.33. The summed E-state index contributed by atoms with van der Waals surface area (Å²) in [5, 5.41) is 0.655. The highest BCUT2D eigenvalue weighted by molar-refractivity contribution is 6.30. The summed E-state index contributed by atoms with van der Waals surface area (Å²) in [5.41, 5.74) is 7.01. The molecule has 4 heteroatoms. The van der Waals surface area contributed by atoms with Gasteiger partial charge in [0.1, 0.15) is 12.4 Å². The number of nitrogens with zero attached hydrogens (tertiary/aromatic N) is 1. The number of hydrogen-bond donors (Lipinski definition) is 1.